The molecule has 5 nitrogen and oxygen atoms in total. The summed E-state index contributed by atoms with van der Waals surface area (Å²) in [6, 6.07) is 9.24. The zero-order valence-electron chi connectivity index (χ0n) is 9.19. The van der Waals surface area contributed by atoms with E-state index in [-0.39, 0.29) is 14.9 Å². The van der Waals surface area contributed by atoms with Crippen molar-refractivity contribution >= 4 is 48.4 Å². The molecular weight excluding hydrogens is 333 g/mol. The Balaban J connectivity index is 0.000000191. The Morgan fingerprint density at radius 3 is 2.00 bits per heavy atom. The Bertz CT molecular complexity index is 655. The predicted octanol–water partition coefficient (Wildman–Crippen LogP) is 3.92. The lowest BCUT2D eigenvalue weighted by Gasteiger charge is -1.91. The van der Waals surface area contributed by atoms with Crippen LogP contribution in [0.25, 0.3) is 0 Å². The quantitative estimate of drug-likeness (QED) is 0.471. The van der Waals surface area contributed by atoms with E-state index in [0.29, 0.717) is 0 Å². The molecule has 1 heterocycles. The first kappa shape index (κ1) is 15.9. The zero-order valence-corrected chi connectivity index (χ0v) is 12.3. The van der Waals surface area contributed by atoms with Crippen molar-refractivity contribution in [2.45, 2.75) is 4.90 Å². The van der Waals surface area contributed by atoms with Crippen LogP contribution in [0, 0.1) is 10.1 Å². The Morgan fingerprint density at radius 2 is 1.74 bits per heavy atom. The summed E-state index contributed by atoms with van der Waals surface area (Å²) >= 11 is 6.57. The minimum absolute atomic E-state index is 0.0123. The van der Waals surface area contributed by atoms with Crippen LogP contribution in [0.15, 0.2) is 46.7 Å². The fraction of sp³-hybridized carbons (Fsp3) is 0. The van der Waals surface area contributed by atoms with Gasteiger partial charge < -0.3 is 0 Å². The normalized spacial score (nSPS) is 10.4. The number of halogens is 2. The topological polar surface area (TPSA) is 77.3 Å². The van der Waals surface area contributed by atoms with Gasteiger partial charge in [-0.3, -0.25) is 10.1 Å². The van der Waals surface area contributed by atoms with Crippen LogP contribution in [0.4, 0.5) is 5.69 Å². The van der Waals surface area contributed by atoms with E-state index in [1.165, 1.54) is 18.2 Å². The lowest BCUT2D eigenvalue weighted by Crippen LogP contribution is -1.87. The average molecular weight is 340 g/mol. The average Bonchev–Trinajstić information content (AvgIpc) is 2.76. The number of rotatable bonds is 2. The standard InChI is InChI=1S/C6H5ClO2S.C4H2ClNO2S/c7-10(8,9)6-4-2-1-3-5-6;5-4-3(6(7)8)1-2-9-4/h1-5H;1-2H. The van der Waals surface area contributed by atoms with Crippen molar-refractivity contribution in [1.29, 1.82) is 0 Å². The molecule has 1 aromatic heterocycles. The van der Waals surface area contributed by atoms with Crippen LogP contribution < -0.4 is 0 Å². The van der Waals surface area contributed by atoms with Gasteiger partial charge in [0.15, 0.2) is 4.34 Å². The van der Waals surface area contributed by atoms with E-state index in [1.54, 1.807) is 23.6 Å². The molecule has 0 aliphatic heterocycles. The highest BCUT2D eigenvalue weighted by Crippen LogP contribution is 2.29. The lowest BCUT2D eigenvalue weighted by molar-refractivity contribution is -0.384. The van der Waals surface area contributed by atoms with Gasteiger partial charge in [-0.2, -0.15) is 0 Å². The van der Waals surface area contributed by atoms with Gasteiger partial charge >= 0.3 is 0 Å². The Kier molecular flexibility index (Phi) is 5.74. The fourth-order valence-electron chi connectivity index (χ4n) is 1.000. The number of nitrogens with zero attached hydrogens (tertiary/aromatic N) is 1. The van der Waals surface area contributed by atoms with Gasteiger partial charge in [-0.25, -0.2) is 8.42 Å². The van der Waals surface area contributed by atoms with Crippen molar-refractivity contribution < 1.29 is 13.3 Å². The van der Waals surface area contributed by atoms with E-state index >= 15 is 0 Å². The van der Waals surface area contributed by atoms with Gasteiger partial charge in [0.25, 0.3) is 14.7 Å². The van der Waals surface area contributed by atoms with Gasteiger partial charge in [-0.05, 0) is 17.5 Å². The molecule has 9 heteroatoms. The van der Waals surface area contributed by atoms with E-state index in [9.17, 15) is 18.5 Å². The van der Waals surface area contributed by atoms with E-state index in [2.05, 4.69) is 0 Å². The van der Waals surface area contributed by atoms with Crippen molar-refractivity contribution in [1.82, 2.24) is 0 Å². The summed E-state index contributed by atoms with van der Waals surface area (Å²) in [7, 11) is 1.50. The van der Waals surface area contributed by atoms with Crippen molar-refractivity contribution in [3.05, 3.63) is 56.2 Å². The van der Waals surface area contributed by atoms with Crippen molar-refractivity contribution in [3.63, 3.8) is 0 Å². The van der Waals surface area contributed by atoms with Crippen LogP contribution in [0.2, 0.25) is 4.34 Å². The van der Waals surface area contributed by atoms with Gasteiger partial charge in [0.2, 0.25) is 0 Å². The van der Waals surface area contributed by atoms with Gasteiger partial charge in [0.05, 0.1) is 9.82 Å². The lowest BCUT2D eigenvalue weighted by atomic mass is 10.4. The molecule has 0 saturated carbocycles. The molecule has 0 amide bonds. The molecule has 0 radical (unpaired) electrons. The summed E-state index contributed by atoms with van der Waals surface area (Å²) in [5.74, 6) is 0. The second-order valence-electron chi connectivity index (χ2n) is 3.09. The maximum absolute atomic E-state index is 10.6. The molecule has 0 atom stereocenters. The monoisotopic (exact) mass is 339 g/mol. The molecule has 0 aliphatic rings. The summed E-state index contributed by atoms with van der Waals surface area (Å²) in [5, 5.41) is 11.6. The first-order valence-corrected chi connectivity index (χ1v) is 8.26. The molecule has 0 unspecified atom stereocenters. The van der Waals surface area contributed by atoms with Crippen molar-refractivity contribution in [2.24, 2.45) is 0 Å². The molecule has 0 fully saturated rings. The van der Waals surface area contributed by atoms with Gasteiger partial charge in [0.1, 0.15) is 0 Å². The summed E-state index contributed by atoms with van der Waals surface area (Å²) < 4.78 is 21.4. The first-order valence-electron chi connectivity index (χ1n) is 4.69. The predicted molar refractivity (Wildman–Crippen MR) is 75.5 cm³/mol. The SMILES string of the molecule is O=S(=O)(Cl)c1ccccc1.O=[N+]([O-])c1ccsc1Cl. The third-order valence-corrected chi connectivity index (χ3v) is 4.34. The summed E-state index contributed by atoms with van der Waals surface area (Å²) in [6.45, 7) is 0. The van der Waals surface area contributed by atoms with Gasteiger partial charge in [-0.15, -0.1) is 11.3 Å². The number of hydrogen-bond donors (Lipinski definition) is 0. The molecule has 0 aliphatic carbocycles. The van der Waals surface area contributed by atoms with Crippen LogP contribution in [0.3, 0.4) is 0 Å². The Morgan fingerprint density at radius 1 is 1.16 bits per heavy atom. The second kappa shape index (κ2) is 6.85. The van der Waals surface area contributed by atoms with E-state index in [0.717, 1.165) is 11.3 Å². The minimum atomic E-state index is -3.53. The molecular formula is C10H7Cl2NO4S2. The highest BCUT2D eigenvalue weighted by molar-refractivity contribution is 8.13. The van der Waals surface area contributed by atoms with Crippen LogP contribution >= 0.6 is 33.6 Å². The maximum Gasteiger partial charge on any atom is 0.298 e. The highest BCUT2D eigenvalue weighted by atomic mass is 35.7. The molecule has 0 saturated heterocycles. The number of thiophene rings is 1. The largest absolute Gasteiger partial charge is 0.298 e. The Hall–Kier alpha value is -1.15. The molecule has 102 valence electrons. The Labute approximate surface area is 123 Å². The van der Waals surface area contributed by atoms with E-state index in [1.807, 2.05) is 0 Å². The third-order valence-electron chi connectivity index (χ3n) is 1.82. The second-order valence-corrected chi connectivity index (χ2v) is 7.17. The molecule has 2 aromatic rings. The molecule has 0 bridgehead atoms. The van der Waals surface area contributed by atoms with Crippen LogP contribution in [0.5, 0.6) is 0 Å². The molecule has 0 N–H and O–H groups in total. The smallest absolute Gasteiger partial charge is 0.258 e. The number of hydrogen-bond acceptors (Lipinski definition) is 5. The van der Waals surface area contributed by atoms with Crippen LogP contribution in [0.1, 0.15) is 0 Å². The van der Waals surface area contributed by atoms with Gasteiger partial charge in [0, 0.05) is 16.7 Å². The zero-order chi connectivity index (χ0) is 14.5. The van der Waals surface area contributed by atoms with Crippen LogP contribution in [-0.2, 0) is 9.05 Å². The van der Waals surface area contributed by atoms with Crippen molar-refractivity contribution in [2.75, 3.05) is 0 Å². The maximum atomic E-state index is 10.6. The third kappa shape index (κ3) is 5.15. The first-order chi connectivity index (χ1) is 8.82. The number of benzene rings is 1. The van der Waals surface area contributed by atoms with Crippen molar-refractivity contribution in [3.8, 4) is 0 Å². The van der Waals surface area contributed by atoms with E-state index < -0.39 is 14.0 Å². The summed E-state index contributed by atoms with van der Waals surface area (Å²) in [4.78, 5) is 9.65. The summed E-state index contributed by atoms with van der Waals surface area (Å²) in [6.07, 6.45) is 0. The minimum Gasteiger partial charge on any atom is -0.258 e. The summed E-state index contributed by atoms with van der Waals surface area (Å²) in [5.41, 5.74) is -0.0123. The van der Waals surface area contributed by atoms with Gasteiger partial charge in [-0.1, -0.05) is 29.8 Å². The fourth-order valence-corrected chi connectivity index (χ4v) is 2.66. The van der Waals surface area contributed by atoms with E-state index in [4.69, 9.17) is 22.3 Å². The van der Waals surface area contributed by atoms with Crippen LogP contribution in [-0.4, -0.2) is 13.3 Å². The molecule has 2 rings (SSSR count). The molecule has 19 heavy (non-hydrogen) atoms. The molecule has 0 spiro atoms. The highest BCUT2D eigenvalue weighted by Gasteiger charge is 2.11. The number of nitro groups is 1. The molecule has 1 aromatic carbocycles.